The van der Waals surface area contributed by atoms with Gasteiger partial charge in [-0.3, -0.25) is 10.1 Å². The monoisotopic (exact) mass is 341 g/mol. The molecule has 0 bridgehead atoms. The molecule has 2 unspecified atom stereocenters. The van der Waals surface area contributed by atoms with Crippen LogP contribution in [0.2, 0.25) is 0 Å². The van der Waals surface area contributed by atoms with E-state index < -0.39 is 6.04 Å². The van der Waals surface area contributed by atoms with E-state index >= 15 is 0 Å². The quantitative estimate of drug-likeness (QED) is 0.803. The molecule has 1 amide bonds. The summed E-state index contributed by atoms with van der Waals surface area (Å²) in [5, 5.41) is 9.21. The zero-order chi connectivity index (χ0) is 17.4. The molecule has 0 spiro atoms. The van der Waals surface area contributed by atoms with Crippen LogP contribution in [0.25, 0.3) is 0 Å². The highest BCUT2D eigenvalue weighted by Crippen LogP contribution is 2.32. The summed E-state index contributed by atoms with van der Waals surface area (Å²) >= 11 is 0. The van der Waals surface area contributed by atoms with E-state index in [9.17, 15) is 9.18 Å². The van der Waals surface area contributed by atoms with Gasteiger partial charge >= 0.3 is 0 Å². The number of hydrogen-bond acceptors (Lipinski definition) is 4. The summed E-state index contributed by atoms with van der Waals surface area (Å²) in [5.74, 6) is -0.436. The molecule has 1 saturated heterocycles. The Hall–Kier alpha value is -2.44. The van der Waals surface area contributed by atoms with Crippen molar-refractivity contribution in [1.82, 2.24) is 5.32 Å². The number of rotatable bonds is 3. The standard InChI is InChI=1S/C19H20FN3O2/c1-11-5-6-15(20)14-8-16(23-18(11)14)19(24)22-13-4-2-3-12(7-13)17-9-21-10-25-17/h2-7,16-17,21,23H,8-10H2,1H3,(H,22,24). The van der Waals surface area contributed by atoms with E-state index in [1.165, 1.54) is 6.07 Å². The highest BCUT2D eigenvalue weighted by molar-refractivity contribution is 5.98. The lowest BCUT2D eigenvalue weighted by Crippen LogP contribution is -2.33. The summed E-state index contributed by atoms with van der Waals surface area (Å²) in [4.78, 5) is 12.6. The fourth-order valence-electron chi connectivity index (χ4n) is 3.40. The van der Waals surface area contributed by atoms with Crippen LogP contribution >= 0.6 is 0 Å². The Bertz CT molecular complexity index is 787. The first kappa shape index (κ1) is 16.1. The highest BCUT2D eigenvalue weighted by Gasteiger charge is 2.30. The number of halogens is 1. The number of hydrogen-bond donors (Lipinski definition) is 3. The van der Waals surface area contributed by atoms with Crippen LogP contribution in [0, 0.1) is 12.7 Å². The molecule has 2 aliphatic rings. The van der Waals surface area contributed by atoms with Crippen LogP contribution < -0.4 is 16.0 Å². The van der Waals surface area contributed by atoms with Gasteiger partial charge in [-0.15, -0.1) is 0 Å². The Labute approximate surface area is 145 Å². The lowest BCUT2D eigenvalue weighted by atomic mass is 10.1. The van der Waals surface area contributed by atoms with E-state index in [-0.39, 0.29) is 17.8 Å². The van der Waals surface area contributed by atoms with Gasteiger partial charge in [0, 0.05) is 29.9 Å². The second-order valence-corrected chi connectivity index (χ2v) is 6.49. The van der Waals surface area contributed by atoms with E-state index in [1.807, 2.05) is 31.2 Å². The number of carbonyl (C=O) groups excluding carboxylic acids is 1. The average Bonchev–Trinajstić information content (AvgIpc) is 3.28. The van der Waals surface area contributed by atoms with Crippen LogP contribution in [0.4, 0.5) is 15.8 Å². The van der Waals surface area contributed by atoms with Crippen molar-refractivity contribution in [2.45, 2.75) is 25.5 Å². The Morgan fingerprint density at radius 3 is 2.96 bits per heavy atom. The zero-order valence-corrected chi connectivity index (χ0v) is 13.9. The van der Waals surface area contributed by atoms with Gasteiger partial charge in [-0.1, -0.05) is 18.2 Å². The van der Waals surface area contributed by atoms with Crippen LogP contribution in [-0.4, -0.2) is 25.2 Å². The summed E-state index contributed by atoms with van der Waals surface area (Å²) in [6.07, 6.45) is 0.353. The first-order valence-corrected chi connectivity index (χ1v) is 8.39. The Balaban J connectivity index is 1.47. The van der Waals surface area contributed by atoms with Crippen molar-refractivity contribution in [3.05, 3.63) is 58.9 Å². The van der Waals surface area contributed by atoms with E-state index in [0.717, 1.165) is 23.4 Å². The Morgan fingerprint density at radius 1 is 1.32 bits per heavy atom. The van der Waals surface area contributed by atoms with Crippen LogP contribution in [0.5, 0.6) is 0 Å². The topological polar surface area (TPSA) is 62.4 Å². The molecule has 2 aliphatic heterocycles. The molecule has 0 aromatic heterocycles. The van der Waals surface area contributed by atoms with Gasteiger partial charge in [-0.05, 0) is 36.2 Å². The van der Waals surface area contributed by atoms with Crippen LogP contribution in [0.15, 0.2) is 36.4 Å². The summed E-state index contributed by atoms with van der Waals surface area (Å²) in [6, 6.07) is 10.3. The van der Waals surface area contributed by atoms with Crippen molar-refractivity contribution < 1.29 is 13.9 Å². The number of aryl methyl sites for hydroxylation is 1. The molecule has 1 fully saturated rings. The maximum atomic E-state index is 14.0. The van der Waals surface area contributed by atoms with Gasteiger partial charge in [0.25, 0.3) is 0 Å². The molecule has 130 valence electrons. The Kier molecular flexibility index (Phi) is 4.15. The third kappa shape index (κ3) is 3.10. The number of amides is 1. The number of fused-ring (bicyclic) bond motifs is 1. The van der Waals surface area contributed by atoms with Crippen molar-refractivity contribution in [2.75, 3.05) is 23.9 Å². The number of nitrogens with one attached hydrogen (secondary N) is 3. The fraction of sp³-hybridized carbons (Fsp3) is 0.316. The zero-order valence-electron chi connectivity index (χ0n) is 13.9. The summed E-state index contributed by atoms with van der Waals surface area (Å²) in [5.41, 5.74) is 4.00. The third-order valence-corrected chi connectivity index (χ3v) is 4.75. The first-order valence-electron chi connectivity index (χ1n) is 8.39. The lowest BCUT2D eigenvalue weighted by Gasteiger charge is -2.14. The normalized spacial score (nSPS) is 21.7. The van der Waals surface area contributed by atoms with Gasteiger partial charge in [0.1, 0.15) is 11.9 Å². The first-order chi connectivity index (χ1) is 12.1. The largest absolute Gasteiger partial charge is 0.373 e. The Morgan fingerprint density at radius 2 is 2.20 bits per heavy atom. The third-order valence-electron chi connectivity index (χ3n) is 4.75. The van der Waals surface area contributed by atoms with Crippen LogP contribution in [0.3, 0.4) is 0 Å². The van der Waals surface area contributed by atoms with Gasteiger partial charge in [0.05, 0.1) is 12.8 Å². The molecule has 25 heavy (non-hydrogen) atoms. The smallest absolute Gasteiger partial charge is 0.247 e. The van der Waals surface area contributed by atoms with Gasteiger partial charge < -0.3 is 15.4 Å². The van der Waals surface area contributed by atoms with Crippen LogP contribution in [0.1, 0.15) is 22.8 Å². The second-order valence-electron chi connectivity index (χ2n) is 6.49. The minimum atomic E-state index is -0.473. The van der Waals surface area contributed by atoms with Gasteiger partial charge in [-0.25, -0.2) is 4.39 Å². The van der Waals surface area contributed by atoms with Crippen LogP contribution in [-0.2, 0) is 16.0 Å². The van der Waals surface area contributed by atoms with E-state index in [1.54, 1.807) is 6.07 Å². The SMILES string of the molecule is Cc1ccc(F)c2c1NC(C(=O)Nc1cccc(C3CNCO3)c1)C2. The van der Waals surface area contributed by atoms with Crippen molar-refractivity contribution in [3.63, 3.8) is 0 Å². The molecule has 2 atom stereocenters. The summed E-state index contributed by atoms with van der Waals surface area (Å²) in [6.45, 7) is 3.20. The maximum absolute atomic E-state index is 14.0. The molecule has 6 heteroatoms. The number of benzene rings is 2. The van der Waals surface area contributed by atoms with E-state index in [4.69, 9.17) is 4.74 Å². The molecule has 0 saturated carbocycles. The maximum Gasteiger partial charge on any atom is 0.247 e. The predicted octanol–water partition coefficient (Wildman–Crippen LogP) is 2.73. The number of carbonyl (C=O) groups is 1. The lowest BCUT2D eigenvalue weighted by molar-refractivity contribution is -0.116. The van der Waals surface area contributed by atoms with Gasteiger partial charge in [0.2, 0.25) is 5.91 Å². The van der Waals surface area contributed by atoms with E-state index in [2.05, 4.69) is 16.0 Å². The second kappa shape index (κ2) is 6.46. The average molecular weight is 341 g/mol. The molecule has 0 aliphatic carbocycles. The van der Waals surface area contributed by atoms with E-state index in [0.29, 0.717) is 24.4 Å². The molecule has 0 radical (unpaired) electrons. The van der Waals surface area contributed by atoms with Crippen molar-refractivity contribution in [1.29, 1.82) is 0 Å². The highest BCUT2D eigenvalue weighted by atomic mass is 19.1. The molecular weight excluding hydrogens is 321 g/mol. The molecule has 3 N–H and O–H groups in total. The molecule has 2 aromatic rings. The minimum absolute atomic E-state index is 0.00228. The molecule has 4 rings (SSSR count). The number of anilines is 2. The van der Waals surface area contributed by atoms with Crippen molar-refractivity contribution in [3.8, 4) is 0 Å². The van der Waals surface area contributed by atoms with Crippen molar-refractivity contribution in [2.24, 2.45) is 0 Å². The molecular formula is C19H20FN3O2. The van der Waals surface area contributed by atoms with Gasteiger partial charge in [-0.2, -0.15) is 0 Å². The van der Waals surface area contributed by atoms with Gasteiger partial charge in [0.15, 0.2) is 0 Å². The fourth-order valence-corrected chi connectivity index (χ4v) is 3.40. The minimum Gasteiger partial charge on any atom is -0.373 e. The number of ether oxygens (including phenoxy) is 1. The molecule has 2 heterocycles. The summed E-state index contributed by atoms with van der Waals surface area (Å²) in [7, 11) is 0. The molecule has 2 aromatic carbocycles. The van der Waals surface area contributed by atoms with Crippen molar-refractivity contribution >= 4 is 17.3 Å². The summed E-state index contributed by atoms with van der Waals surface area (Å²) < 4.78 is 19.6. The molecule has 5 nitrogen and oxygen atoms in total. The predicted molar refractivity (Wildman–Crippen MR) is 94.0 cm³/mol.